The van der Waals surface area contributed by atoms with Crippen LogP contribution in [0.1, 0.15) is 236 Å². The van der Waals surface area contributed by atoms with Gasteiger partial charge in [-0.05, 0) is 95.3 Å². The molecule has 8 heteroatoms. The summed E-state index contributed by atoms with van der Waals surface area (Å²) in [4.78, 5) is 32.3. The highest BCUT2D eigenvalue weighted by atomic mass is 14.9. The first-order valence-corrected chi connectivity index (χ1v) is 25.0. The topological polar surface area (TPSA) is 103 Å². The van der Waals surface area contributed by atoms with Crippen molar-refractivity contribution in [3.05, 3.63) is 169 Å². The molecule has 6 rings (SSSR count). The van der Waals surface area contributed by atoms with Crippen molar-refractivity contribution in [3.8, 4) is 0 Å². The van der Waals surface area contributed by atoms with Crippen LogP contribution in [0.4, 0.5) is 0 Å². The third-order valence-electron chi connectivity index (χ3n) is 7.58. The van der Waals surface area contributed by atoms with E-state index in [-0.39, 0.29) is 0 Å². The largest absolute Gasteiger partial charge is 0.265 e. The highest BCUT2D eigenvalue weighted by molar-refractivity contribution is 5.14. The summed E-state index contributed by atoms with van der Waals surface area (Å²) >= 11 is 0. The molecule has 6 aromatic heterocycles. The first kappa shape index (κ1) is 72.4. The van der Waals surface area contributed by atoms with Crippen molar-refractivity contribution in [3.63, 3.8) is 0 Å². The standard InChI is InChI=1S/4C8H11N.2C7H10N2.6C2H6/c1-7(2)8-3-5-9-6-4-8;1-7(2)8-4-3-5-9-6-8;2*1-7(2)8-5-3-4-6-9-8;1-6(2)7-3-4-8-5-9-7;1-6(2)7-8-4-3-5-9-7;6*1-2/h4*3-7H,1-2H3;2*3-6H,1-2H3;6*1-2H3. The Morgan fingerprint density at radius 3 is 0.894 bits per heavy atom. The third kappa shape index (κ3) is 44.0. The number of hydrogen-bond donors (Lipinski definition) is 0. The SMILES string of the molecule is CC.CC.CC.CC.CC.CC.CC(C)c1ccccn1.CC(C)c1ccccn1.CC(C)c1cccnc1.CC(C)c1ccncc1.CC(C)c1ccncn1.CC(C)c1ncccn1. The van der Waals surface area contributed by atoms with Crippen LogP contribution in [0, 0.1) is 0 Å². The molecule has 0 saturated carbocycles. The van der Waals surface area contributed by atoms with Crippen LogP contribution in [0.3, 0.4) is 0 Å². The zero-order valence-corrected chi connectivity index (χ0v) is 46.7. The van der Waals surface area contributed by atoms with Crippen LogP contribution in [0.25, 0.3) is 0 Å². The van der Waals surface area contributed by atoms with Crippen molar-refractivity contribution in [2.24, 2.45) is 0 Å². The second-order valence-corrected chi connectivity index (χ2v) is 14.2. The van der Waals surface area contributed by atoms with Gasteiger partial charge in [0.15, 0.2) is 0 Å². The summed E-state index contributed by atoms with van der Waals surface area (Å²) in [6, 6.07) is 23.9. The molecule has 0 amide bonds. The number of rotatable bonds is 6. The molecule has 0 bridgehead atoms. The molecule has 0 atom stereocenters. The molecule has 6 heterocycles. The second-order valence-electron chi connectivity index (χ2n) is 14.2. The zero-order valence-electron chi connectivity index (χ0n) is 46.7. The summed E-state index contributed by atoms with van der Waals surface area (Å²) in [5.74, 6) is 4.17. The fourth-order valence-corrected chi connectivity index (χ4v) is 4.15. The van der Waals surface area contributed by atoms with Crippen molar-refractivity contribution in [1.29, 1.82) is 0 Å². The highest BCUT2D eigenvalue weighted by Gasteiger charge is 1.99. The van der Waals surface area contributed by atoms with Crippen LogP contribution >= 0.6 is 0 Å². The Morgan fingerprint density at radius 1 is 0.273 bits per heavy atom. The molecule has 0 radical (unpaired) electrons. The molecule has 0 N–H and O–H groups in total. The van der Waals surface area contributed by atoms with Crippen LogP contribution in [0.2, 0.25) is 0 Å². The molecule has 0 unspecified atom stereocenters. The Labute approximate surface area is 408 Å². The molecular formula is C58H100N8. The van der Waals surface area contributed by atoms with E-state index in [1.54, 1.807) is 31.1 Å². The van der Waals surface area contributed by atoms with Gasteiger partial charge in [-0.1, -0.05) is 184 Å². The second kappa shape index (κ2) is 55.9. The monoisotopic (exact) mass is 909 g/mol. The summed E-state index contributed by atoms with van der Waals surface area (Å²) in [7, 11) is 0. The van der Waals surface area contributed by atoms with Crippen molar-refractivity contribution < 1.29 is 0 Å². The maximum absolute atomic E-state index is 4.18. The van der Waals surface area contributed by atoms with Gasteiger partial charge in [0, 0.05) is 78.8 Å². The van der Waals surface area contributed by atoms with Crippen LogP contribution in [-0.4, -0.2) is 39.9 Å². The summed E-state index contributed by atoms with van der Waals surface area (Å²) < 4.78 is 0. The highest BCUT2D eigenvalue weighted by Crippen LogP contribution is 2.12. The predicted molar refractivity (Wildman–Crippen MR) is 294 cm³/mol. The molecule has 0 aliphatic carbocycles. The van der Waals surface area contributed by atoms with Gasteiger partial charge >= 0.3 is 0 Å². The van der Waals surface area contributed by atoms with Crippen LogP contribution < -0.4 is 0 Å². The fourth-order valence-electron chi connectivity index (χ4n) is 4.15. The maximum Gasteiger partial charge on any atom is 0.130 e. The van der Waals surface area contributed by atoms with E-state index in [0.717, 1.165) is 22.9 Å². The Bertz CT molecular complexity index is 1350. The van der Waals surface area contributed by atoms with Gasteiger partial charge in [0.05, 0.1) is 0 Å². The van der Waals surface area contributed by atoms with Crippen LogP contribution in [0.5, 0.6) is 0 Å². The molecule has 0 saturated heterocycles. The molecule has 0 aliphatic rings. The number of nitrogens with zero attached hydrogens (tertiary/aromatic N) is 8. The maximum atomic E-state index is 4.18. The van der Waals surface area contributed by atoms with Gasteiger partial charge in [0.1, 0.15) is 12.2 Å². The van der Waals surface area contributed by atoms with Crippen LogP contribution in [-0.2, 0) is 0 Å². The van der Waals surface area contributed by atoms with E-state index in [4.69, 9.17) is 0 Å². The summed E-state index contributed by atoms with van der Waals surface area (Å²) in [5.41, 5.74) is 6.09. The van der Waals surface area contributed by atoms with Gasteiger partial charge in [-0.15, -0.1) is 0 Å². The van der Waals surface area contributed by atoms with Crippen LogP contribution in [0.15, 0.2) is 135 Å². The van der Waals surface area contributed by atoms with Crippen molar-refractivity contribution in [1.82, 2.24) is 39.9 Å². The Hall–Kier alpha value is -5.24. The minimum atomic E-state index is 0.436. The lowest BCUT2D eigenvalue weighted by atomic mass is 10.1. The predicted octanol–water partition coefficient (Wildman–Crippen LogP) is 18.2. The molecule has 6 aromatic rings. The Kier molecular flexibility index (Phi) is 61.3. The Balaban J connectivity index is -0.000000156. The molecule has 0 aromatic carbocycles. The molecule has 8 nitrogen and oxygen atoms in total. The number of pyridine rings is 4. The molecule has 0 aliphatic heterocycles. The first-order valence-electron chi connectivity index (χ1n) is 25.0. The smallest absolute Gasteiger partial charge is 0.130 e. The summed E-state index contributed by atoms with van der Waals surface area (Å²) in [5, 5.41) is 0. The fraction of sp³-hybridized carbons (Fsp3) is 0.517. The number of aromatic nitrogens is 8. The quantitative estimate of drug-likeness (QED) is 0.163. The van der Waals surface area contributed by atoms with E-state index in [1.165, 1.54) is 11.1 Å². The van der Waals surface area contributed by atoms with Crippen molar-refractivity contribution in [2.75, 3.05) is 0 Å². The molecule has 0 spiro atoms. The van der Waals surface area contributed by atoms with Gasteiger partial charge in [-0.3, -0.25) is 19.9 Å². The average Bonchev–Trinajstić information content (AvgIpc) is 3.40. The minimum absolute atomic E-state index is 0.436. The lowest BCUT2D eigenvalue weighted by Gasteiger charge is -2.01. The van der Waals surface area contributed by atoms with E-state index in [1.807, 2.05) is 181 Å². The van der Waals surface area contributed by atoms with Gasteiger partial charge in [-0.2, -0.15) is 0 Å². The third-order valence-corrected chi connectivity index (χ3v) is 7.58. The lowest BCUT2D eigenvalue weighted by Crippen LogP contribution is -1.93. The Morgan fingerprint density at radius 2 is 0.667 bits per heavy atom. The van der Waals surface area contributed by atoms with Crippen molar-refractivity contribution in [2.45, 2.75) is 202 Å². The average molecular weight is 909 g/mol. The number of hydrogen-bond acceptors (Lipinski definition) is 8. The van der Waals surface area contributed by atoms with E-state index >= 15 is 0 Å². The molecule has 372 valence electrons. The molecule has 66 heavy (non-hydrogen) atoms. The zero-order chi connectivity index (χ0) is 52.1. The van der Waals surface area contributed by atoms with E-state index < -0.39 is 0 Å². The van der Waals surface area contributed by atoms with Gasteiger partial charge in [-0.25, -0.2) is 19.9 Å². The normalized spacial score (nSPS) is 8.82. The van der Waals surface area contributed by atoms with Gasteiger partial charge in [0.2, 0.25) is 0 Å². The minimum Gasteiger partial charge on any atom is -0.265 e. The molecular weight excluding hydrogens is 809 g/mol. The van der Waals surface area contributed by atoms with E-state index in [0.29, 0.717) is 35.5 Å². The van der Waals surface area contributed by atoms with E-state index in [2.05, 4.69) is 129 Å². The van der Waals surface area contributed by atoms with E-state index in [9.17, 15) is 0 Å². The lowest BCUT2D eigenvalue weighted by molar-refractivity contribution is 0.774. The molecule has 0 fully saturated rings. The van der Waals surface area contributed by atoms with Gasteiger partial charge < -0.3 is 0 Å². The first-order chi connectivity index (χ1) is 31.8. The van der Waals surface area contributed by atoms with Crippen molar-refractivity contribution >= 4 is 0 Å². The summed E-state index contributed by atoms with van der Waals surface area (Å²) in [6.45, 7) is 49.6. The summed E-state index contributed by atoms with van der Waals surface area (Å²) in [6.07, 6.45) is 17.9. The van der Waals surface area contributed by atoms with Gasteiger partial charge in [0.25, 0.3) is 0 Å².